The summed E-state index contributed by atoms with van der Waals surface area (Å²) >= 11 is 0. The topological polar surface area (TPSA) is 85.7 Å². The van der Waals surface area contributed by atoms with E-state index in [4.69, 9.17) is 14.6 Å². The molecule has 194 valence electrons. The van der Waals surface area contributed by atoms with Crippen LogP contribution in [0.3, 0.4) is 0 Å². The SMILES string of the molecule is COc1ccc(-c2cc3n(n2)C[C@](C)(C(=O)NCc2ccccc2OC)N(c2ccc(C)cc2)C3=O)cc1. The maximum Gasteiger partial charge on any atom is 0.277 e. The fraction of sp³-hybridized carbons (Fsp3) is 0.233. The van der Waals surface area contributed by atoms with Gasteiger partial charge in [-0.3, -0.25) is 19.2 Å². The summed E-state index contributed by atoms with van der Waals surface area (Å²) in [7, 11) is 3.21. The third kappa shape index (κ3) is 4.49. The minimum absolute atomic E-state index is 0.190. The minimum atomic E-state index is -1.23. The van der Waals surface area contributed by atoms with Gasteiger partial charge in [0.25, 0.3) is 5.91 Å². The Balaban J connectivity index is 1.52. The molecule has 8 heteroatoms. The summed E-state index contributed by atoms with van der Waals surface area (Å²) in [6, 6.07) is 24.4. The number of benzene rings is 3. The lowest BCUT2D eigenvalue weighted by Crippen LogP contribution is -2.64. The van der Waals surface area contributed by atoms with Crippen molar-refractivity contribution in [2.75, 3.05) is 19.1 Å². The summed E-state index contributed by atoms with van der Waals surface area (Å²) in [6.07, 6.45) is 0. The van der Waals surface area contributed by atoms with Crippen molar-refractivity contribution in [2.24, 2.45) is 0 Å². The van der Waals surface area contributed by atoms with Gasteiger partial charge in [-0.15, -0.1) is 0 Å². The summed E-state index contributed by atoms with van der Waals surface area (Å²) in [5.41, 5.74) is 3.25. The maximum atomic E-state index is 14.0. The van der Waals surface area contributed by atoms with Crippen LogP contribution in [0.1, 0.15) is 28.5 Å². The molecule has 0 spiro atoms. The molecule has 2 amide bonds. The fourth-order valence-electron chi connectivity index (χ4n) is 4.80. The zero-order valence-corrected chi connectivity index (χ0v) is 21.9. The molecule has 0 fully saturated rings. The molecule has 3 aromatic carbocycles. The van der Waals surface area contributed by atoms with Crippen LogP contribution < -0.4 is 19.7 Å². The highest BCUT2D eigenvalue weighted by molar-refractivity contribution is 6.12. The van der Waals surface area contributed by atoms with Crippen LogP contribution in [0, 0.1) is 6.92 Å². The quantitative estimate of drug-likeness (QED) is 0.392. The number of hydrogen-bond donors (Lipinski definition) is 1. The van der Waals surface area contributed by atoms with Crippen molar-refractivity contribution in [3.63, 3.8) is 0 Å². The Labute approximate surface area is 221 Å². The van der Waals surface area contributed by atoms with E-state index in [2.05, 4.69) is 5.32 Å². The van der Waals surface area contributed by atoms with E-state index in [0.29, 0.717) is 22.8 Å². The first-order valence-electron chi connectivity index (χ1n) is 12.4. The van der Waals surface area contributed by atoms with Gasteiger partial charge in [-0.1, -0.05) is 35.9 Å². The molecule has 0 saturated heterocycles. The average molecular weight is 511 g/mol. The molecule has 0 bridgehead atoms. The first-order chi connectivity index (χ1) is 18.3. The molecule has 0 aliphatic carbocycles. The molecule has 0 unspecified atom stereocenters. The van der Waals surface area contributed by atoms with E-state index in [1.807, 2.05) is 79.7 Å². The zero-order chi connectivity index (χ0) is 26.9. The Kier molecular flexibility index (Phi) is 6.63. The molecular formula is C30H30N4O4. The number of aromatic nitrogens is 2. The van der Waals surface area contributed by atoms with Crippen molar-refractivity contribution in [1.82, 2.24) is 15.1 Å². The van der Waals surface area contributed by atoms with E-state index in [0.717, 1.165) is 22.4 Å². The summed E-state index contributed by atoms with van der Waals surface area (Å²) < 4.78 is 12.3. The molecule has 38 heavy (non-hydrogen) atoms. The number of amides is 2. The van der Waals surface area contributed by atoms with E-state index in [9.17, 15) is 9.59 Å². The van der Waals surface area contributed by atoms with Crippen molar-refractivity contribution in [1.29, 1.82) is 0 Å². The second kappa shape index (κ2) is 10.0. The lowest BCUT2D eigenvalue weighted by molar-refractivity contribution is -0.126. The molecule has 1 aromatic heterocycles. The highest BCUT2D eigenvalue weighted by Gasteiger charge is 2.48. The molecule has 1 N–H and O–H groups in total. The second-order valence-corrected chi connectivity index (χ2v) is 9.55. The van der Waals surface area contributed by atoms with Crippen LogP contribution >= 0.6 is 0 Å². The number of ether oxygens (including phenoxy) is 2. The van der Waals surface area contributed by atoms with Crippen molar-refractivity contribution < 1.29 is 19.1 Å². The van der Waals surface area contributed by atoms with Crippen molar-refractivity contribution >= 4 is 17.5 Å². The lowest BCUT2D eigenvalue weighted by Gasteiger charge is -2.43. The normalized spacial score (nSPS) is 16.6. The van der Waals surface area contributed by atoms with E-state index in [1.165, 1.54) is 0 Å². The predicted octanol–water partition coefficient (Wildman–Crippen LogP) is 4.61. The lowest BCUT2D eigenvalue weighted by atomic mass is 9.93. The standard InChI is InChI=1S/C30H30N4O4/c1-20-9-13-23(14-10-20)34-28(35)26-17-25(21-11-15-24(37-3)16-12-21)32-33(26)19-30(34,2)29(36)31-18-22-7-5-6-8-27(22)38-4/h5-17H,18-19H2,1-4H3,(H,31,36)/t30-/m1/s1. The van der Waals surface area contributed by atoms with Crippen LogP contribution in [0.15, 0.2) is 78.9 Å². The molecule has 1 atom stereocenters. The van der Waals surface area contributed by atoms with E-state index >= 15 is 0 Å². The van der Waals surface area contributed by atoms with Crippen molar-refractivity contribution in [3.8, 4) is 22.8 Å². The number of anilines is 1. The Hall–Kier alpha value is -4.59. The number of nitrogens with one attached hydrogen (secondary N) is 1. The highest BCUT2D eigenvalue weighted by Crippen LogP contribution is 2.34. The van der Waals surface area contributed by atoms with Gasteiger partial charge in [0.15, 0.2) is 0 Å². The van der Waals surface area contributed by atoms with E-state index < -0.39 is 5.54 Å². The first-order valence-corrected chi connectivity index (χ1v) is 12.4. The van der Waals surface area contributed by atoms with Gasteiger partial charge in [0.05, 0.1) is 26.5 Å². The number of fused-ring (bicyclic) bond motifs is 1. The minimum Gasteiger partial charge on any atom is -0.497 e. The number of para-hydroxylation sites is 1. The maximum absolute atomic E-state index is 14.0. The van der Waals surface area contributed by atoms with E-state index in [-0.39, 0.29) is 24.9 Å². The highest BCUT2D eigenvalue weighted by atomic mass is 16.5. The van der Waals surface area contributed by atoms with Gasteiger partial charge in [0.1, 0.15) is 22.7 Å². The predicted molar refractivity (Wildman–Crippen MR) is 145 cm³/mol. The van der Waals surface area contributed by atoms with Gasteiger partial charge in [0.2, 0.25) is 5.91 Å². The van der Waals surface area contributed by atoms with Gasteiger partial charge in [-0.05, 0) is 62.4 Å². The van der Waals surface area contributed by atoms with E-state index in [1.54, 1.807) is 36.8 Å². The Morgan fingerprint density at radius 3 is 2.39 bits per heavy atom. The van der Waals surface area contributed by atoms with Gasteiger partial charge >= 0.3 is 0 Å². The second-order valence-electron chi connectivity index (χ2n) is 9.55. The monoisotopic (exact) mass is 510 g/mol. The van der Waals surface area contributed by atoms with Crippen molar-refractivity contribution in [3.05, 3.63) is 95.7 Å². The summed E-state index contributed by atoms with van der Waals surface area (Å²) in [6.45, 7) is 4.21. The van der Waals surface area contributed by atoms with Crippen LogP contribution in [-0.2, 0) is 17.9 Å². The third-order valence-electron chi connectivity index (χ3n) is 6.95. The number of nitrogens with zero attached hydrogens (tertiary/aromatic N) is 3. The fourth-order valence-corrected chi connectivity index (χ4v) is 4.80. The van der Waals surface area contributed by atoms with Gasteiger partial charge in [-0.2, -0.15) is 5.10 Å². The smallest absolute Gasteiger partial charge is 0.277 e. The van der Waals surface area contributed by atoms with Crippen LogP contribution in [0.5, 0.6) is 11.5 Å². The Bertz CT molecular complexity index is 1480. The van der Waals surface area contributed by atoms with Gasteiger partial charge < -0.3 is 14.8 Å². The van der Waals surface area contributed by atoms with Crippen LogP contribution in [-0.4, -0.2) is 41.4 Å². The molecule has 0 saturated carbocycles. The van der Waals surface area contributed by atoms with Crippen molar-refractivity contribution in [2.45, 2.75) is 32.5 Å². The molecule has 1 aliphatic heterocycles. The molecule has 5 rings (SSSR count). The molecule has 2 heterocycles. The number of methoxy groups -OCH3 is 2. The molecular weight excluding hydrogens is 480 g/mol. The molecule has 8 nitrogen and oxygen atoms in total. The third-order valence-corrected chi connectivity index (χ3v) is 6.95. The zero-order valence-electron chi connectivity index (χ0n) is 21.9. The summed E-state index contributed by atoms with van der Waals surface area (Å²) in [4.78, 5) is 29.4. The van der Waals surface area contributed by atoms with Crippen LogP contribution in [0.4, 0.5) is 5.69 Å². The van der Waals surface area contributed by atoms with Gasteiger partial charge in [0, 0.05) is 23.4 Å². The summed E-state index contributed by atoms with van der Waals surface area (Å²) in [5.74, 6) is 0.844. The summed E-state index contributed by atoms with van der Waals surface area (Å²) in [5, 5.41) is 7.75. The Morgan fingerprint density at radius 1 is 1.00 bits per heavy atom. The number of hydrogen-bond acceptors (Lipinski definition) is 5. The molecule has 4 aromatic rings. The van der Waals surface area contributed by atoms with Gasteiger partial charge in [-0.25, -0.2) is 0 Å². The van der Waals surface area contributed by atoms with Crippen LogP contribution in [0.25, 0.3) is 11.3 Å². The largest absolute Gasteiger partial charge is 0.497 e. The Morgan fingerprint density at radius 2 is 1.71 bits per heavy atom. The average Bonchev–Trinajstić information content (AvgIpc) is 3.37. The van der Waals surface area contributed by atoms with Crippen LogP contribution in [0.2, 0.25) is 0 Å². The molecule has 0 radical (unpaired) electrons. The number of rotatable bonds is 7. The number of carbonyl (C=O) groups is 2. The number of aryl methyl sites for hydroxylation is 1. The number of carbonyl (C=O) groups excluding carboxylic acids is 2. The first kappa shape index (κ1) is 25.1. The molecule has 1 aliphatic rings.